The van der Waals surface area contributed by atoms with Gasteiger partial charge in [-0.1, -0.05) is 15.9 Å². The Balaban J connectivity index is 2.36. The Morgan fingerprint density at radius 2 is 2.11 bits per heavy atom. The lowest BCUT2D eigenvalue weighted by atomic mass is 10.4. The molecule has 0 unspecified atom stereocenters. The van der Waals surface area contributed by atoms with E-state index in [9.17, 15) is 4.79 Å². The van der Waals surface area contributed by atoms with E-state index in [1.54, 1.807) is 19.0 Å². The molecule has 1 rings (SSSR count). The number of hydrogen-bond donors (Lipinski definition) is 0. The monoisotopic (exact) mass is 191 g/mol. The number of carbonyl (C=O) groups excluding carboxylic acids is 1. The summed E-state index contributed by atoms with van der Waals surface area (Å²) in [5.41, 5.74) is 0. The van der Waals surface area contributed by atoms with Crippen molar-refractivity contribution in [3.63, 3.8) is 0 Å². The van der Waals surface area contributed by atoms with Crippen LogP contribution in [0, 0.1) is 5.92 Å². The first-order chi connectivity index (χ1) is 4.13. The lowest BCUT2D eigenvalue weighted by molar-refractivity contribution is -0.129. The number of amides is 1. The molecule has 0 spiro atoms. The Morgan fingerprint density at radius 3 is 2.22 bits per heavy atom. The van der Waals surface area contributed by atoms with Gasteiger partial charge >= 0.3 is 0 Å². The first-order valence-corrected chi connectivity index (χ1v) is 3.89. The summed E-state index contributed by atoms with van der Waals surface area (Å²) in [5.74, 6) is 0.511. The summed E-state index contributed by atoms with van der Waals surface area (Å²) < 4.78 is 0. The van der Waals surface area contributed by atoms with E-state index in [2.05, 4.69) is 15.9 Å². The van der Waals surface area contributed by atoms with Crippen LogP contribution < -0.4 is 0 Å². The molecule has 0 bridgehead atoms. The summed E-state index contributed by atoms with van der Waals surface area (Å²) in [4.78, 5) is 13.1. The van der Waals surface area contributed by atoms with E-state index in [4.69, 9.17) is 0 Å². The molecule has 0 radical (unpaired) electrons. The van der Waals surface area contributed by atoms with Crippen LogP contribution in [0.4, 0.5) is 0 Å². The molecule has 0 N–H and O–H groups in total. The molecule has 0 saturated heterocycles. The molecule has 1 aliphatic rings. The van der Waals surface area contributed by atoms with Crippen LogP contribution in [0.25, 0.3) is 0 Å². The highest BCUT2D eigenvalue weighted by Gasteiger charge is 2.41. The van der Waals surface area contributed by atoms with Crippen LogP contribution in [0.3, 0.4) is 0 Å². The Hall–Kier alpha value is -0.0500. The SMILES string of the molecule is CN(C)C(=O)[C@H]1C[C@H]1Br. The summed E-state index contributed by atoms with van der Waals surface area (Å²) in [6.07, 6.45) is 1.01. The quantitative estimate of drug-likeness (QED) is 0.564. The van der Waals surface area contributed by atoms with Crippen LogP contribution in [0.2, 0.25) is 0 Å². The molecular weight excluding hydrogens is 182 g/mol. The highest BCUT2D eigenvalue weighted by atomic mass is 79.9. The topological polar surface area (TPSA) is 20.3 Å². The zero-order valence-corrected chi connectivity index (χ0v) is 7.18. The van der Waals surface area contributed by atoms with Crippen molar-refractivity contribution in [2.45, 2.75) is 11.2 Å². The Morgan fingerprint density at radius 1 is 1.67 bits per heavy atom. The zero-order chi connectivity index (χ0) is 7.02. The van der Waals surface area contributed by atoms with Crippen molar-refractivity contribution in [1.29, 1.82) is 0 Å². The molecule has 9 heavy (non-hydrogen) atoms. The van der Waals surface area contributed by atoms with Gasteiger partial charge in [0.2, 0.25) is 5.91 Å². The lowest BCUT2D eigenvalue weighted by Gasteiger charge is -2.07. The molecule has 3 heteroatoms. The third-order valence-corrected chi connectivity index (χ3v) is 2.48. The second-order valence-corrected chi connectivity index (χ2v) is 3.77. The van der Waals surface area contributed by atoms with Crippen LogP contribution in [0.5, 0.6) is 0 Å². The zero-order valence-electron chi connectivity index (χ0n) is 5.60. The molecule has 0 aromatic carbocycles. The van der Waals surface area contributed by atoms with Gasteiger partial charge in [0, 0.05) is 18.9 Å². The van der Waals surface area contributed by atoms with Crippen molar-refractivity contribution >= 4 is 21.8 Å². The molecule has 1 amide bonds. The average Bonchev–Trinajstić information content (AvgIpc) is 2.44. The highest BCUT2D eigenvalue weighted by Crippen LogP contribution is 2.38. The van der Waals surface area contributed by atoms with Crippen LogP contribution in [-0.2, 0) is 4.79 Å². The van der Waals surface area contributed by atoms with Crippen molar-refractivity contribution < 1.29 is 4.79 Å². The van der Waals surface area contributed by atoms with Gasteiger partial charge in [-0.05, 0) is 6.42 Å². The third kappa shape index (κ3) is 1.45. The summed E-state index contributed by atoms with van der Waals surface area (Å²) >= 11 is 3.37. The van der Waals surface area contributed by atoms with Crippen molar-refractivity contribution in [2.75, 3.05) is 14.1 Å². The van der Waals surface area contributed by atoms with Gasteiger partial charge < -0.3 is 4.90 Å². The summed E-state index contributed by atoms with van der Waals surface area (Å²) in [6, 6.07) is 0. The Kier molecular flexibility index (Phi) is 1.80. The smallest absolute Gasteiger partial charge is 0.226 e. The van der Waals surface area contributed by atoms with Crippen molar-refractivity contribution in [2.24, 2.45) is 5.92 Å². The van der Waals surface area contributed by atoms with Gasteiger partial charge in [0.15, 0.2) is 0 Å². The van der Waals surface area contributed by atoms with E-state index in [1.165, 1.54) is 0 Å². The third-order valence-electron chi connectivity index (χ3n) is 1.47. The molecule has 0 aromatic rings. The van der Waals surface area contributed by atoms with E-state index >= 15 is 0 Å². The largest absolute Gasteiger partial charge is 0.349 e. The van der Waals surface area contributed by atoms with Gasteiger partial charge in [-0.2, -0.15) is 0 Å². The minimum absolute atomic E-state index is 0.247. The molecule has 1 saturated carbocycles. The Labute approximate surface area is 63.3 Å². The van der Waals surface area contributed by atoms with E-state index in [1.807, 2.05) is 0 Å². The maximum atomic E-state index is 11.0. The summed E-state index contributed by atoms with van der Waals surface area (Å²) in [6.45, 7) is 0. The molecular formula is C6H10BrNO. The van der Waals surface area contributed by atoms with Gasteiger partial charge in [-0.3, -0.25) is 4.79 Å². The number of halogens is 1. The molecule has 2 nitrogen and oxygen atoms in total. The van der Waals surface area contributed by atoms with Crippen LogP contribution in [0.1, 0.15) is 6.42 Å². The number of hydrogen-bond acceptors (Lipinski definition) is 1. The van der Waals surface area contributed by atoms with E-state index in [0.717, 1.165) is 6.42 Å². The number of carbonyl (C=O) groups is 1. The average molecular weight is 192 g/mol. The summed E-state index contributed by atoms with van der Waals surface area (Å²) in [5, 5.41) is 0. The number of alkyl halides is 1. The maximum absolute atomic E-state index is 11.0. The maximum Gasteiger partial charge on any atom is 0.226 e. The van der Waals surface area contributed by atoms with E-state index in [0.29, 0.717) is 4.83 Å². The van der Waals surface area contributed by atoms with Gasteiger partial charge in [-0.25, -0.2) is 0 Å². The Bertz CT molecular complexity index is 135. The first-order valence-electron chi connectivity index (χ1n) is 2.98. The predicted octanol–water partition coefficient (Wildman–Crippen LogP) is 0.858. The number of rotatable bonds is 1. The van der Waals surface area contributed by atoms with E-state index in [-0.39, 0.29) is 11.8 Å². The lowest BCUT2D eigenvalue weighted by Crippen LogP contribution is -2.23. The predicted molar refractivity (Wildman–Crippen MR) is 39.5 cm³/mol. The molecule has 0 heterocycles. The fourth-order valence-corrected chi connectivity index (χ4v) is 1.38. The molecule has 0 aliphatic heterocycles. The van der Waals surface area contributed by atoms with Crippen LogP contribution in [-0.4, -0.2) is 29.7 Å². The fourth-order valence-electron chi connectivity index (χ4n) is 0.751. The van der Waals surface area contributed by atoms with Crippen LogP contribution in [0.15, 0.2) is 0 Å². The van der Waals surface area contributed by atoms with Gasteiger partial charge in [0.25, 0.3) is 0 Å². The second kappa shape index (κ2) is 2.29. The first kappa shape index (κ1) is 7.06. The molecule has 2 atom stereocenters. The number of nitrogens with zero attached hydrogens (tertiary/aromatic N) is 1. The normalized spacial score (nSPS) is 31.9. The second-order valence-electron chi connectivity index (χ2n) is 2.59. The molecule has 1 fully saturated rings. The minimum atomic E-state index is 0.247. The standard InChI is InChI=1S/C6H10BrNO/c1-8(2)6(9)4-3-5(4)7/h4-5H,3H2,1-2H3/t4-,5+/m0/s1. The van der Waals surface area contributed by atoms with Crippen LogP contribution >= 0.6 is 15.9 Å². The fraction of sp³-hybridized carbons (Fsp3) is 0.833. The minimum Gasteiger partial charge on any atom is -0.349 e. The van der Waals surface area contributed by atoms with Gasteiger partial charge in [0.05, 0.1) is 5.92 Å². The molecule has 0 aromatic heterocycles. The van der Waals surface area contributed by atoms with Gasteiger partial charge in [-0.15, -0.1) is 0 Å². The van der Waals surface area contributed by atoms with Gasteiger partial charge in [0.1, 0.15) is 0 Å². The van der Waals surface area contributed by atoms with E-state index < -0.39 is 0 Å². The van der Waals surface area contributed by atoms with Crippen molar-refractivity contribution in [3.05, 3.63) is 0 Å². The van der Waals surface area contributed by atoms with Crippen molar-refractivity contribution in [1.82, 2.24) is 4.90 Å². The summed E-state index contributed by atoms with van der Waals surface area (Å²) in [7, 11) is 3.58. The van der Waals surface area contributed by atoms with Crippen molar-refractivity contribution in [3.8, 4) is 0 Å². The molecule has 1 aliphatic carbocycles. The molecule has 52 valence electrons. The highest BCUT2D eigenvalue weighted by molar-refractivity contribution is 9.09.